The fourth-order valence-electron chi connectivity index (χ4n) is 3.08. The van der Waals surface area contributed by atoms with Crippen molar-refractivity contribution in [2.75, 3.05) is 20.8 Å². The first-order valence-electron chi connectivity index (χ1n) is 8.92. The lowest BCUT2D eigenvalue weighted by atomic mass is 9.96. The van der Waals surface area contributed by atoms with E-state index in [1.54, 1.807) is 42.5 Å². The van der Waals surface area contributed by atoms with Gasteiger partial charge in [0.05, 0.1) is 19.8 Å². The number of rotatable bonds is 7. The first-order valence-corrected chi connectivity index (χ1v) is 9.30. The highest BCUT2D eigenvalue weighted by Crippen LogP contribution is 2.50. The highest BCUT2D eigenvalue weighted by molar-refractivity contribution is 6.29. The summed E-state index contributed by atoms with van der Waals surface area (Å²) in [6.07, 6.45) is 0. The summed E-state index contributed by atoms with van der Waals surface area (Å²) in [6.45, 7) is 3.59. The van der Waals surface area contributed by atoms with Crippen molar-refractivity contribution in [2.24, 2.45) is 0 Å². The van der Waals surface area contributed by atoms with Gasteiger partial charge in [-0.25, -0.2) is 0 Å². The Hall–Kier alpha value is -3.51. The van der Waals surface area contributed by atoms with Gasteiger partial charge < -0.3 is 29.5 Å². The van der Waals surface area contributed by atoms with Gasteiger partial charge in [0.15, 0.2) is 23.0 Å². The van der Waals surface area contributed by atoms with E-state index in [0.29, 0.717) is 27.5 Å². The molecule has 30 heavy (non-hydrogen) atoms. The van der Waals surface area contributed by atoms with Crippen LogP contribution >= 0.6 is 11.6 Å². The topological polar surface area (TPSA) is 88.4 Å². The number of hydrogen-bond acceptors (Lipinski definition) is 6. The molecule has 3 rings (SSSR count). The summed E-state index contributed by atoms with van der Waals surface area (Å²) in [5.74, 6) is 0.677. The first kappa shape index (κ1) is 21.2. The second-order valence-corrected chi connectivity index (χ2v) is 6.95. The molecule has 156 valence electrons. The molecule has 7 heteroatoms. The van der Waals surface area contributed by atoms with Crippen molar-refractivity contribution in [1.82, 2.24) is 0 Å². The van der Waals surface area contributed by atoms with Gasteiger partial charge in [0.25, 0.3) is 0 Å². The fourth-order valence-corrected chi connectivity index (χ4v) is 3.13. The van der Waals surface area contributed by atoms with Crippen molar-refractivity contribution in [3.8, 4) is 56.8 Å². The van der Waals surface area contributed by atoms with Gasteiger partial charge in [-0.15, -0.1) is 0 Å². The fraction of sp³-hybridized carbons (Fsp3) is 0.130. The van der Waals surface area contributed by atoms with Gasteiger partial charge >= 0.3 is 0 Å². The average Bonchev–Trinajstić information content (AvgIpc) is 2.72. The molecule has 0 aliphatic heterocycles. The second kappa shape index (κ2) is 8.88. The molecule has 0 unspecified atom stereocenters. The van der Waals surface area contributed by atoms with E-state index in [0.717, 1.165) is 5.56 Å². The van der Waals surface area contributed by atoms with Gasteiger partial charge in [-0.3, -0.25) is 0 Å². The van der Waals surface area contributed by atoms with Crippen molar-refractivity contribution in [3.63, 3.8) is 0 Å². The van der Waals surface area contributed by atoms with Crippen LogP contribution in [0.5, 0.6) is 34.5 Å². The van der Waals surface area contributed by atoms with Crippen molar-refractivity contribution in [3.05, 3.63) is 60.1 Å². The lowest BCUT2D eigenvalue weighted by molar-refractivity contribution is 0.333. The van der Waals surface area contributed by atoms with Crippen LogP contribution in [0.1, 0.15) is 0 Å². The van der Waals surface area contributed by atoms with E-state index in [9.17, 15) is 15.3 Å². The maximum atomic E-state index is 11.0. The van der Waals surface area contributed by atoms with E-state index < -0.39 is 0 Å². The molecule has 6 nitrogen and oxygen atoms in total. The minimum absolute atomic E-state index is 0.0538. The molecule has 0 radical (unpaired) electrons. The quantitative estimate of drug-likeness (QED) is 0.474. The molecular weight excluding hydrogens is 408 g/mol. The van der Waals surface area contributed by atoms with Crippen LogP contribution in [0.25, 0.3) is 22.3 Å². The zero-order chi connectivity index (χ0) is 21.8. The number of methoxy groups -OCH3 is 2. The molecule has 0 spiro atoms. The van der Waals surface area contributed by atoms with Gasteiger partial charge in [-0.05, 0) is 41.5 Å². The second-order valence-electron chi connectivity index (χ2n) is 6.42. The van der Waals surface area contributed by atoms with E-state index in [4.69, 9.17) is 25.8 Å². The molecule has 0 bridgehead atoms. The van der Waals surface area contributed by atoms with Crippen LogP contribution in [0.2, 0.25) is 0 Å². The number of hydrogen-bond donors (Lipinski definition) is 3. The third-order valence-corrected chi connectivity index (χ3v) is 4.56. The van der Waals surface area contributed by atoms with Crippen LogP contribution in [0.3, 0.4) is 0 Å². The van der Waals surface area contributed by atoms with E-state index in [-0.39, 0.29) is 35.4 Å². The number of phenolic OH excluding ortho intramolecular Hbond substituents is 3. The van der Waals surface area contributed by atoms with Crippen molar-refractivity contribution in [2.45, 2.75) is 0 Å². The highest BCUT2D eigenvalue weighted by Gasteiger charge is 2.22. The van der Waals surface area contributed by atoms with Crippen molar-refractivity contribution >= 4 is 11.6 Å². The summed E-state index contributed by atoms with van der Waals surface area (Å²) in [7, 11) is 2.93. The molecule has 0 fully saturated rings. The molecule has 0 aliphatic carbocycles. The zero-order valence-electron chi connectivity index (χ0n) is 16.5. The van der Waals surface area contributed by atoms with Crippen LogP contribution < -0.4 is 14.2 Å². The minimum Gasteiger partial charge on any atom is -0.508 e. The zero-order valence-corrected chi connectivity index (χ0v) is 17.2. The Morgan fingerprint density at radius 3 is 2.13 bits per heavy atom. The molecule has 3 N–H and O–H groups in total. The Morgan fingerprint density at radius 1 is 0.900 bits per heavy atom. The van der Waals surface area contributed by atoms with Crippen molar-refractivity contribution < 1.29 is 29.5 Å². The smallest absolute Gasteiger partial charge is 0.170 e. The summed E-state index contributed by atoms with van der Waals surface area (Å²) in [4.78, 5) is 0. The van der Waals surface area contributed by atoms with E-state index in [1.165, 1.54) is 20.3 Å². The SMILES string of the molecule is C=C(Cl)COc1ccc(-c2c(OC)cc(-c3ccc(O)cc3)c(OC)c2O)cc1O. The van der Waals surface area contributed by atoms with Gasteiger partial charge in [-0.2, -0.15) is 0 Å². The summed E-state index contributed by atoms with van der Waals surface area (Å²) < 4.78 is 16.4. The first-order chi connectivity index (χ1) is 14.3. The predicted octanol–water partition coefficient (Wildman–Crippen LogP) is 5.29. The van der Waals surface area contributed by atoms with Crippen LogP contribution in [-0.2, 0) is 0 Å². The average molecular weight is 429 g/mol. The Morgan fingerprint density at radius 2 is 1.57 bits per heavy atom. The third kappa shape index (κ3) is 4.23. The third-order valence-electron chi connectivity index (χ3n) is 4.45. The molecule has 0 aromatic heterocycles. The van der Waals surface area contributed by atoms with Crippen LogP contribution in [0, 0.1) is 0 Å². The number of ether oxygens (including phenoxy) is 3. The summed E-state index contributed by atoms with van der Waals surface area (Å²) in [6, 6.07) is 12.9. The molecule has 0 amide bonds. The van der Waals surface area contributed by atoms with Gasteiger partial charge in [0.2, 0.25) is 0 Å². The minimum atomic E-state index is -0.151. The lowest BCUT2D eigenvalue weighted by Gasteiger charge is -2.18. The number of benzene rings is 3. The Kier molecular flexibility index (Phi) is 6.28. The Bertz CT molecular complexity index is 1080. The van der Waals surface area contributed by atoms with Crippen LogP contribution in [-0.4, -0.2) is 36.1 Å². The molecule has 0 atom stereocenters. The molecular formula is C23H21ClO6. The van der Waals surface area contributed by atoms with Crippen LogP contribution in [0.15, 0.2) is 60.1 Å². The molecule has 0 saturated carbocycles. The molecule has 0 aliphatic rings. The van der Waals surface area contributed by atoms with E-state index >= 15 is 0 Å². The maximum Gasteiger partial charge on any atom is 0.170 e. The van der Waals surface area contributed by atoms with Gasteiger partial charge in [0, 0.05) is 10.6 Å². The molecule has 0 saturated heterocycles. The molecule has 0 heterocycles. The standard InChI is InChI=1S/C23H21ClO6/c1-13(24)12-30-19-9-6-15(10-18(19)26)21-20(28-2)11-17(23(29-3)22(21)27)14-4-7-16(25)8-5-14/h4-11,25-27H,1,12H2,2-3H3. The number of phenols is 3. The normalized spacial score (nSPS) is 10.5. The molecule has 3 aromatic carbocycles. The van der Waals surface area contributed by atoms with Gasteiger partial charge in [0.1, 0.15) is 18.1 Å². The molecule has 3 aromatic rings. The summed E-state index contributed by atoms with van der Waals surface area (Å²) in [5, 5.41) is 31.2. The number of aromatic hydroxyl groups is 3. The largest absolute Gasteiger partial charge is 0.508 e. The van der Waals surface area contributed by atoms with E-state index in [2.05, 4.69) is 6.58 Å². The summed E-state index contributed by atoms with van der Waals surface area (Å²) >= 11 is 5.70. The highest BCUT2D eigenvalue weighted by atomic mass is 35.5. The Labute approximate surface area is 179 Å². The maximum absolute atomic E-state index is 11.0. The summed E-state index contributed by atoms with van der Waals surface area (Å²) in [5.41, 5.74) is 2.15. The monoisotopic (exact) mass is 428 g/mol. The van der Waals surface area contributed by atoms with E-state index in [1.807, 2.05) is 0 Å². The lowest BCUT2D eigenvalue weighted by Crippen LogP contribution is -1.98. The predicted molar refractivity (Wildman–Crippen MR) is 116 cm³/mol. The van der Waals surface area contributed by atoms with Crippen LogP contribution in [0.4, 0.5) is 0 Å². The van der Waals surface area contributed by atoms with Crippen molar-refractivity contribution in [1.29, 1.82) is 0 Å². The number of halogens is 1. The Balaban J connectivity index is 2.12. The van der Waals surface area contributed by atoms with Gasteiger partial charge in [-0.1, -0.05) is 36.4 Å².